The van der Waals surface area contributed by atoms with Crippen molar-refractivity contribution in [1.29, 1.82) is 0 Å². The molecule has 0 aliphatic carbocycles. The number of esters is 1. The van der Waals surface area contributed by atoms with E-state index in [0.717, 1.165) is 5.56 Å². The minimum atomic E-state index is -0.465. The molecule has 0 heterocycles. The molecule has 2 aromatic carbocycles. The van der Waals surface area contributed by atoms with Gasteiger partial charge in [-0.05, 0) is 30.7 Å². The van der Waals surface area contributed by atoms with E-state index >= 15 is 0 Å². The fourth-order valence-corrected chi connectivity index (χ4v) is 1.57. The molecule has 0 N–H and O–H groups in total. The quantitative estimate of drug-likeness (QED) is 0.470. The van der Waals surface area contributed by atoms with Crippen molar-refractivity contribution in [1.82, 2.24) is 0 Å². The van der Waals surface area contributed by atoms with E-state index < -0.39 is 5.97 Å². The summed E-state index contributed by atoms with van der Waals surface area (Å²) in [5.41, 5.74) is 1.70. The van der Waals surface area contributed by atoms with Crippen LogP contribution in [0.25, 0.3) is 0 Å². The Hall–Kier alpha value is -2.42. The zero-order valence-electron chi connectivity index (χ0n) is 9.92. The third kappa shape index (κ3) is 2.63. The van der Waals surface area contributed by atoms with Crippen molar-refractivity contribution in [3.63, 3.8) is 0 Å². The minimum Gasteiger partial charge on any atom is -0.423 e. The molecular weight excluding hydrogens is 228 g/mol. The van der Waals surface area contributed by atoms with Crippen molar-refractivity contribution < 1.29 is 14.3 Å². The average Bonchev–Trinajstić information content (AvgIpc) is 2.41. The second-order valence-corrected chi connectivity index (χ2v) is 3.90. The smallest absolute Gasteiger partial charge is 0.343 e. The summed E-state index contributed by atoms with van der Waals surface area (Å²) < 4.78 is 5.28. The Bertz CT molecular complexity index is 588. The standard InChI is InChI=1S/C15H12O3/c1-11-5-2-3-8-14(11)18-15(17)13-7-4-6-12(9-13)10-16/h2-10H,1H3. The number of aryl methyl sites for hydroxylation is 1. The first-order valence-electron chi connectivity index (χ1n) is 5.54. The molecule has 0 unspecified atom stereocenters. The largest absolute Gasteiger partial charge is 0.423 e. The van der Waals surface area contributed by atoms with E-state index in [1.807, 2.05) is 19.1 Å². The van der Waals surface area contributed by atoms with Crippen LogP contribution < -0.4 is 4.74 Å². The lowest BCUT2D eigenvalue weighted by Crippen LogP contribution is -2.09. The van der Waals surface area contributed by atoms with Crippen LogP contribution in [0.5, 0.6) is 5.75 Å². The monoisotopic (exact) mass is 240 g/mol. The molecular formula is C15H12O3. The number of para-hydroxylation sites is 1. The van der Waals surface area contributed by atoms with Crippen molar-refractivity contribution >= 4 is 12.3 Å². The Balaban J connectivity index is 2.22. The lowest BCUT2D eigenvalue weighted by molar-refractivity contribution is 0.0733. The number of benzene rings is 2. The summed E-state index contributed by atoms with van der Waals surface area (Å²) >= 11 is 0. The van der Waals surface area contributed by atoms with Crippen LogP contribution >= 0.6 is 0 Å². The summed E-state index contributed by atoms with van der Waals surface area (Å²) in [6.07, 6.45) is 0.699. The number of rotatable bonds is 3. The van der Waals surface area contributed by atoms with Crippen molar-refractivity contribution in [2.75, 3.05) is 0 Å². The molecule has 0 bridgehead atoms. The number of aldehydes is 1. The Labute approximate surface area is 105 Å². The second kappa shape index (κ2) is 5.27. The number of hydrogen-bond donors (Lipinski definition) is 0. The molecule has 0 amide bonds. The molecule has 2 rings (SSSR count). The van der Waals surface area contributed by atoms with Crippen LogP contribution in [0.3, 0.4) is 0 Å². The van der Waals surface area contributed by atoms with E-state index in [1.54, 1.807) is 30.3 Å². The summed E-state index contributed by atoms with van der Waals surface area (Å²) in [4.78, 5) is 22.5. The average molecular weight is 240 g/mol. The molecule has 0 aromatic heterocycles. The van der Waals surface area contributed by atoms with Gasteiger partial charge in [-0.2, -0.15) is 0 Å². The number of hydrogen-bond acceptors (Lipinski definition) is 3. The van der Waals surface area contributed by atoms with Gasteiger partial charge in [0.2, 0.25) is 0 Å². The number of carbonyl (C=O) groups excluding carboxylic acids is 2. The summed E-state index contributed by atoms with van der Waals surface area (Å²) in [6.45, 7) is 1.87. The molecule has 90 valence electrons. The van der Waals surface area contributed by atoms with E-state index in [9.17, 15) is 9.59 Å². The molecule has 0 atom stereocenters. The zero-order valence-corrected chi connectivity index (χ0v) is 9.92. The van der Waals surface area contributed by atoms with E-state index in [0.29, 0.717) is 23.2 Å². The summed E-state index contributed by atoms with van der Waals surface area (Å²) in [5, 5.41) is 0. The molecule has 0 aliphatic heterocycles. The first-order valence-corrected chi connectivity index (χ1v) is 5.54. The predicted molar refractivity (Wildman–Crippen MR) is 68.0 cm³/mol. The fourth-order valence-electron chi connectivity index (χ4n) is 1.57. The highest BCUT2D eigenvalue weighted by Gasteiger charge is 2.10. The highest BCUT2D eigenvalue weighted by molar-refractivity contribution is 5.93. The molecule has 0 fully saturated rings. The fraction of sp³-hybridized carbons (Fsp3) is 0.0667. The van der Waals surface area contributed by atoms with Gasteiger partial charge in [0.05, 0.1) is 5.56 Å². The van der Waals surface area contributed by atoms with Crippen LogP contribution in [0, 0.1) is 6.92 Å². The molecule has 3 heteroatoms. The third-order valence-electron chi connectivity index (χ3n) is 2.55. The summed E-state index contributed by atoms with van der Waals surface area (Å²) in [7, 11) is 0. The van der Waals surface area contributed by atoms with Crippen LogP contribution in [-0.2, 0) is 0 Å². The van der Waals surface area contributed by atoms with Gasteiger partial charge in [0, 0.05) is 5.56 Å². The lowest BCUT2D eigenvalue weighted by atomic mass is 10.1. The number of ether oxygens (including phenoxy) is 1. The molecule has 0 saturated heterocycles. The van der Waals surface area contributed by atoms with Gasteiger partial charge in [-0.25, -0.2) is 4.79 Å². The predicted octanol–water partition coefficient (Wildman–Crippen LogP) is 3.03. The van der Waals surface area contributed by atoms with Gasteiger partial charge < -0.3 is 4.74 Å². The molecule has 0 radical (unpaired) electrons. The SMILES string of the molecule is Cc1ccccc1OC(=O)c1cccc(C=O)c1. The van der Waals surface area contributed by atoms with E-state index in [4.69, 9.17) is 4.74 Å². The third-order valence-corrected chi connectivity index (χ3v) is 2.55. The van der Waals surface area contributed by atoms with Crippen molar-refractivity contribution in [3.05, 3.63) is 65.2 Å². The summed E-state index contributed by atoms with van der Waals surface area (Å²) in [6, 6.07) is 13.7. The normalized spacial score (nSPS) is 9.83. The van der Waals surface area contributed by atoms with Crippen molar-refractivity contribution in [3.8, 4) is 5.75 Å². The van der Waals surface area contributed by atoms with Crippen LogP contribution in [0.4, 0.5) is 0 Å². The Morgan fingerprint density at radius 2 is 1.89 bits per heavy atom. The topological polar surface area (TPSA) is 43.4 Å². The minimum absolute atomic E-state index is 0.364. The van der Waals surface area contributed by atoms with E-state index in [1.165, 1.54) is 6.07 Å². The maximum Gasteiger partial charge on any atom is 0.343 e. The van der Waals surface area contributed by atoms with Gasteiger partial charge in [0.25, 0.3) is 0 Å². The highest BCUT2D eigenvalue weighted by Crippen LogP contribution is 2.18. The maximum absolute atomic E-state index is 11.9. The van der Waals surface area contributed by atoms with Crippen LogP contribution in [-0.4, -0.2) is 12.3 Å². The first kappa shape index (κ1) is 12.0. The highest BCUT2D eigenvalue weighted by atomic mass is 16.5. The second-order valence-electron chi connectivity index (χ2n) is 3.90. The van der Waals surface area contributed by atoms with Crippen LogP contribution in [0.2, 0.25) is 0 Å². The van der Waals surface area contributed by atoms with Gasteiger partial charge in [-0.15, -0.1) is 0 Å². The van der Waals surface area contributed by atoms with Gasteiger partial charge in [-0.1, -0.05) is 30.3 Å². The van der Waals surface area contributed by atoms with Crippen LogP contribution in [0.1, 0.15) is 26.3 Å². The maximum atomic E-state index is 11.9. The van der Waals surface area contributed by atoms with Gasteiger partial charge in [-0.3, -0.25) is 4.79 Å². The summed E-state index contributed by atoms with van der Waals surface area (Å²) in [5.74, 6) is 0.0620. The molecule has 0 aliphatic rings. The van der Waals surface area contributed by atoms with Crippen molar-refractivity contribution in [2.45, 2.75) is 6.92 Å². The van der Waals surface area contributed by atoms with Crippen LogP contribution in [0.15, 0.2) is 48.5 Å². The number of carbonyl (C=O) groups is 2. The van der Waals surface area contributed by atoms with Crippen molar-refractivity contribution in [2.24, 2.45) is 0 Å². The Morgan fingerprint density at radius 1 is 1.11 bits per heavy atom. The molecule has 2 aromatic rings. The van der Waals surface area contributed by atoms with Gasteiger partial charge in [0.1, 0.15) is 12.0 Å². The van der Waals surface area contributed by atoms with Gasteiger partial charge >= 0.3 is 5.97 Å². The zero-order chi connectivity index (χ0) is 13.0. The van der Waals surface area contributed by atoms with Gasteiger partial charge in [0.15, 0.2) is 0 Å². The van der Waals surface area contributed by atoms with E-state index in [-0.39, 0.29) is 0 Å². The Morgan fingerprint density at radius 3 is 2.61 bits per heavy atom. The first-order chi connectivity index (χ1) is 8.70. The Kier molecular flexibility index (Phi) is 3.53. The molecule has 0 saturated carbocycles. The van der Waals surface area contributed by atoms with E-state index in [2.05, 4.69) is 0 Å². The molecule has 0 spiro atoms. The molecule has 18 heavy (non-hydrogen) atoms. The molecule has 3 nitrogen and oxygen atoms in total. The lowest BCUT2D eigenvalue weighted by Gasteiger charge is -2.07.